The molecule has 1 amide bonds. The highest BCUT2D eigenvalue weighted by molar-refractivity contribution is 6.05. The van der Waals surface area contributed by atoms with Crippen molar-refractivity contribution >= 4 is 35.1 Å². The number of nitrogens with two attached hydrogens (primary N) is 1. The van der Waals surface area contributed by atoms with Crippen LogP contribution in [0.4, 0.5) is 9.18 Å². The molecule has 1 aliphatic carbocycles. The second-order valence-corrected chi connectivity index (χ2v) is 7.44. The molecule has 0 spiro atoms. The Bertz CT molecular complexity index is 1230. The lowest BCUT2D eigenvalue weighted by molar-refractivity contribution is 0.0483. The molecule has 1 saturated carbocycles. The van der Waals surface area contributed by atoms with Gasteiger partial charge in [-0.3, -0.25) is 0 Å². The lowest BCUT2D eigenvalue weighted by Gasteiger charge is -2.10. The number of benzene rings is 2. The summed E-state index contributed by atoms with van der Waals surface area (Å²) in [6.07, 6.45) is 5.40. The van der Waals surface area contributed by atoms with Crippen molar-refractivity contribution in [2.75, 3.05) is 20.8 Å². The van der Waals surface area contributed by atoms with Crippen LogP contribution in [-0.2, 0) is 4.74 Å². The number of rotatable bonds is 7. The molecule has 8 nitrogen and oxygen atoms in total. The van der Waals surface area contributed by atoms with E-state index in [2.05, 4.69) is 5.10 Å². The molecule has 0 radical (unpaired) electrons. The van der Waals surface area contributed by atoms with Gasteiger partial charge in [0.25, 0.3) is 0 Å². The first-order valence-electron chi connectivity index (χ1n) is 10.0. The molecule has 2 N–H and O–H groups in total. The van der Waals surface area contributed by atoms with Crippen LogP contribution in [0.15, 0.2) is 30.3 Å². The largest absolute Gasteiger partial charge is 0.495 e. The number of fused-ring (bicyclic) bond motifs is 1. The van der Waals surface area contributed by atoms with Crippen LogP contribution in [0.3, 0.4) is 0 Å². The van der Waals surface area contributed by atoms with Gasteiger partial charge in [-0.2, -0.15) is 9.78 Å². The fraction of sp³-hybridized carbons (Fsp3) is 0.261. The number of ether oxygens (including phenoxy) is 3. The Morgan fingerprint density at radius 1 is 1.19 bits per heavy atom. The second-order valence-electron chi connectivity index (χ2n) is 7.44. The zero-order valence-electron chi connectivity index (χ0n) is 17.6. The smallest absolute Gasteiger partial charge is 0.341 e. The summed E-state index contributed by atoms with van der Waals surface area (Å²) in [5, 5.41) is 4.70. The number of hydrogen-bond acceptors (Lipinski definition) is 6. The highest BCUT2D eigenvalue weighted by atomic mass is 19.1. The third-order valence-corrected chi connectivity index (χ3v) is 5.22. The number of methoxy groups -OCH3 is 2. The molecule has 32 heavy (non-hydrogen) atoms. The minimum Gasteiger partial charge on any atom is -0.495 e. The Balaban J connectivity index is 1.79. The molecular weight excluding hydrogens is 417 g/mol. The van der Waals surface area contributed by atoms with Crippen LogP contribution in [0.2, 0.25) is 0 Å². The van der Waals surface area contributed by atoms with Crippen molar-refractivity contribution in [3.8, 4) is 11.5 Å². The van der Waals surface area contributed by atoms with Crippen molar-refractivity contribution in [2.24, 2.45) is 11.7 Å². The van der Waals surface area contributed by atoms with E-state index in [1.54, 1.807) is 24.3 Å². The second kappa shape index (κ2) is 8.70. The van der Waals surface area contributed by atoms with Gasteiger partial charge in [-0.25, -0.2) is 14.0 Å². The summed E-state index contributed by atoms with van der Waals surface area (Å²) in [4.78, 5) is 24.6. The molecule has 1 aliphatic rings. The Kier molecular flexibility index (Phi) is 5.81. The van der Waals surface area contributed by atoms with Gasteiger partial charge in [0, 0.05) is 0 Å². The Morgan fingerprint density at radius 3 is 2.62 bits per heavy atom. The van der Waals surface area contributed by atoms with Crippen molar-refractivity contribution in [2.45, 2.75) is 12.8 Å². The molecule has 1 aromatic heterocycles. The average Bonchev–Trinajstić information content (AvgIpc) is 3.55. The summed E-state index contributed by atoms with van der Waals surface area (Å²) in [7, 11) is 2.80. The Hall–Kier alpha value is -3.88. The molecule has 1 heterocycles. The maximum atomic E-state index is 13.7. The van der Waals surface area contributed by atoms with E-state index in [1.165, 1.54) is 32.4 Å². The molecule has 0 saturated heterocycles. The molecule has 2 aromatic carbocycles. The summed E-state index contributed by atoms with van der Waals surface area (Å²) in [6.45, 7) is 0.361. The van der Waals surface area contributed by atoms with Crippen LogP contribution in [0.1, 0.15) is 34.5 Å². The number of primary amides is 1. The van der Waals surface area contributed by atoms with E-state index >= 15 is 0 Å². The quantitative estimate of drug-likeness (QED) is 0.561. The predicted octanol–water partition coefficient (Wildman–Crippen LogP) is 3.86. The van der Waals surface area contributed by atoms with E-state index in [-0.39, 0.29) is 17.1 Å². The van der Waals surface area contributed by atoms with E-state index in [0.717, 1.165) is 17.5 Å². The van der Waals surface area contributed by atoms with Gasteiger partial charge in [-0.05, 0) is 54.7 Å². The van der Waals surface area contributed by atoms with Gasteiger partial charge in [0.15, 0.2) is 11.6 Å². The highest BCUT2D eigenvalue weighted by Gasteiger charge is 2.26. The third kappa shape index (κ3) is 4.14. The van der Waals surface area contributed by atoms with Gasteiger partial charge in [-0.1, -0.05) is 12.1 Å². The molecule has 0 unspecified atom stereocenters. The van der Waals surface area contributed by atoms with Gasteiger partial charge in [-0.15, -0.1) is 0 Å². The topological polar surface area (TPSA) is 106 Å². The zero-order chi connectivity index (χ0) is 22.8. The van der Waals surface area contributed by atoms with Gasteiger partial charge >= 0.3 is 12.0 Å². The van der Waals surface area contributed by atoms with E-state index in [0.29, 0.717) is 34.7 Å². The molecule has 0 bridgehead atoms. The van der Waals surface area contributed by atoms with E-state index in [4.69, 9.17) is 19.9 Å². The standard InChI is InChI=1S/C23H22FN3O5/c1-30-19-11-13(5-8-16(19)24)6-9-17-20-18(27(26-17)23(25)29)10-7-15(21(20)31-2)22(28)32-12-14-3-4-14/h5-11,14H,3-4,12H2,1-2H3,(H2,25,29). The summed E-state index contributed by atoms with van der Waals surface area (Å²) in [5.41, 5.74) is 7.07. The molecule has 0 aliphatic heterocycles. The summed E-state index contributed by atoms with van der Waals surface area (Å²) in [5.74, 6) is -0.257. The fourth-order valence-corrected chi connectivity index (χ4v) is 3.38. The number of nitrogens with zero attached hydrogens (tertiary/aromatic N) is 2. The minimum absolute atomic E-state index is 0.0953. The summed E-state index contributed by atoms with van der Waals surface area (Å²) >= 11 is 0. The van der Waals surface area contributed by atoms with E-state index in [1.807, 2.05) is 0 Å². The summed E-state index contributed by atoms with van der Waals surface area (Å²) < 4.78 is 30.7. The monoisotopic (exact) mass is 439 g/mol. The van der Waals surface area contributed by atoms with E-state index in [9.17, 15) is 14.0 Å². The maximum Gasteiger partial charge on any atom is 0.341 e. The normalized spacial score (nSPS) is 13.5. The van der Waals surface area contributed by atoms with Crippen molar-refractivity contribution in [3.05, 3.63) is 53.0 Å². The van der Waals surface area contributed by atoms with Crippen molar-refractivity contribution in [1.82, 2.24) is 9.78 Å². The Labute approximate surface area is 183 Å². The fourth-order valence-electron chi connectivity index (χ4n) is 3.38. The minimum atomic E-state index is -0.788. The van der Waals surface area contributed by atoms with Crippen LogP contribution >= 0.6 is 0 Å². The van der Waals surface area contributed by atoms with Gasteiger partial charge < -0.3 is 19.9 Å². The number of aromatic nitrogens is 2. The zero-order valence-corrected chi connectivity index (χ0v) is 17.6. The first-order chi connectivity index (χ1) is 15.4. The number of carbonyl (C=O) groups is 2. The number of amides is 1. The van der Waals surface area contributed by atoms with Crippen LogP contribution < -0.4 is 15.2 Å². The molecule has 4 rings (SSSR count). The van der Waals surface area contributed by atoms with Crippen LogP contribution in [0, 0.1) is 11.7 Å². The molecule has 1 fully saturated rings. The third-order valence-electron chi connectivity index (χ3n) is 5.22. The maximum absolute atomic E-state index is 13.7. The lowest BCUT2D eigenvalue weighted by Crippen LogP contribution is -2.20. The SMILES string of the molecule is COc1cc(C=Cc2nn(C(N)=O)c3ccc(C(=O)OCC4CC4)c(OC)c23)ccc1F. The van der Waals surface area contributed by atoms with Crippen molar-refractivity contribution < 1.29 is 28.2 Å². The predicted molar refractivity (Wildman–Crippen MR) is 116 cm³/mol. The molecule has 166 valence electrons. The van der Waals surface area contributed by atoms with Crippen molar-refractivity contribution in [3.63, 3.8) is 0 Å². The average molecular weight is 439 g/mol. The number of hydrogen-bond donors (Lipinski definition) is 1. The van der Waals surface area contributed by atoms with Crippen molar-refractivity contribution in [1.29, 1.82) is 0 Å². The Morgan fingerprint density at radius 2 is 1.97 bits per heavy atom. The first kappa shape index (κ1) is 21.4. The van der Waals surface area contributed by atoms with Crippen LogP contribution in [-0.4, -0.2) is 42.6 Å². The molecule has 3 aromatic rings. The van der Waals surface area contributed by atoms with Gasteiger partial charge in [0.2, 0.25) is 0 Å². The first-order valence-corrected chi connectivity index (χ1v) is 10.0. The summed E-state index contributed by atoms with van der Waals surface area (Å²) in [6, 6.07) is 6.69. The van der Waals surface area contributed by atoms with Gasteiger partial charge in [0.1, 0.15) is 11.3 Å². The number of esters is 1. The molecular formula is C23H22FN3O5. The van der Waals surface area contributed by atoms with Crippen LogP contribution in [0.25, 0.3) is 23.1 Å². The number of halogens is 1. The molecule has 9 heteroatoms. The number of carbonyl (C=O) groups excluding carboxylic acids is 2. The van der Waals surface area contributed by atoms with Crippen LogP contribution in [0.5, 0.6) is 11.5 Å². The highest BCUT2D eigenvalue weighted by Crippen LogP contribution is 2.35. The van der Waals surface area contributed by atoms with E-state index < -0.39 is 17.8 Å². The van der Waals surface area contributed by atoms with Gasteiger partial charge in [0.05, 0.1) is 37.4 Å². The lowest BCUT2D eigenvalue weighted by atomic mass is 10.1. The molecule has 0 atom stereocenters.